The van der Waals surface area contributed by atoms with E-state index in [0.29, 0.717) is 6.54 Å². The number of nitrogens with one attached hydrogen (secondary N) is 1. The number of carboxylic acid groups (broad SMARTS) is 1. The molecule has 2 N–H and O–H groups in total. The van der Waals surface area contributed by atoms with Gasteiger partial charge in [-0.15, -0.1) is 0 Å². The van der Waals surface area contributed by atoms with Crippen LogP contribution in [0, 0.1) is 5.82 Å². The molecule has 0 amide bonds. The van der Waals surface area contributed by atoms with Crippen molar-refractivity contribution in [2.75, 3.05) is 13.2 Å². The standard InChI is InChI=1S/C11H14FNO3/c1-8(11(14)15)13-6-7-16-10-5-3-2-4-9(10)12/h2-5,8,13H,6-7H2,1H3,(H,14,15)/t8-/m0/s1. The summed E-state index contributed by atoms with van der Waals surface area (Å²) in [6.45, 7) is 2.10. The molecule has 0 aromatic heterocycles. The van der Waals surface area contributed by atoms with Crippen molar-refractivity contribution in [1.29, 1.82) is 0 Å². The van der Waals surface area contributed by atoms with Crippen molar-refractivity contribution in [3.8, 4) is 5.75 Å². The monoisotopic (exact) mass is 227 g/mol. The zero-order chi connectivity index (χ0) is 12.0. The van der Waals surface area contributed by atoms with Crippen LogP contribution in [0.5, 0.6) is 5.75 Å². The molecule has 4 nitrogen and oxygen atoms in total. The molecule has 5 heteroatoms. The van der Waals surface area contributed by atoms with Gasteiger partial charge in [0.15, 0.2) is 11.6 Å². The van der Waals surface area contributed by atoms with Crippen molar-refractivity contribution >= 4 is 5.97 Å². The van der Waals surface area contributed by atoms with Crippen LogP contribution in [0.25, 0.3) is 0 Å². The van der Waals surface area contributed by atoms with Crippen LogP contribution in [-0.2, 0) is 4.79 Å². The molecule has 0 radical (unpaired) electrons. The summed E-state index contributed by atoms with van der Waals surface area (Å²) in [7, 11) is 0. The summed E-state index contributed by atoms with van der Waals surface area (Å²) < 4.78 is 18.2. The first kappa shape index (κ1) is 12.4. The molecule has 0 saturated carbocycles. The molecule has 0 aliphatic rings. The van der Waals surface area contributed by atoms with E-state index in [1.807, 2.05) is 0 Å². The number of benzene rings is 1. The highest BCUT2D eigenvalue weighted by molar-refractivity contribution is 5.72. The lowest BCUT2D eigenvalue weighted by Crippen LogP contribution is -2.36. The van der Waals surface area contributed by atoms with E-state index in [4.69, 9.17) is 9.84 Å². The van der Waals surface area contributed by atoms with Gasteiger partial charge in [0.2, 0.25) is 0 Å². The molecule has 0 fully saturated rings. The average Bonchev–Trinajstić information content (AvgIpc) is 2.26. The van der Waals surface area contributed by atoms with E-state index in [-0.39, 0.29) is 12.4 Å². The summed E-state index contributed by atoms with van der Waals surface area (Å²) in [5.74, 6) is -1.17. The first-order chi connectivity index (χ1) is 7.61. The second-order valence-corrected chi connectivity index (χ2v) is 3.29. The Morgan fingerprint density at radius 3 is 2.88 bits per heavy atom. The van der Waals surface area contributed by atoms with Crippen molar-refractivity contribution in [2.24, 2.45) is 0 Å². The fraction of sp³-hybridized carbons (Fsp3) is 0.364. The minimum absolute atomic E-state index is 0.173. The summed E-state index contributed by atoms with van der Waals surface area (Å²) in [6.07, 6.45) is 0. The Morgan fingerprint density at radius 2 is 2.25 bits per heavy atom. The van der Waals surface area contributed by atoms with Gasteiger partial charge in [-0.3, -0.25) is 4.79 Å². The van der Waals surface area contributed by atoms with Crippen molar-refractivity contribution in [3.63, 3.8) is 0 Å². The predicted octanol–water partition coefficient (Wildman–Crippen LogP) is 1.27. The maximum absolute atomic E-state index is 13.1. The summed E-state index contributed by atoms with van der Waals surface area (Å²) >= 11 is 0. The summed E-state index contributed by atoms with van der Waals surface area (Å²) in [6, 6.07) is 5.45. The average molecular weight is 227 g/mol. The molecule has 0 heterocycles. The van der Waals surface area contributed by atoms with Gasteiger partial charge in [-0.25, -0.2) is 4.39 Å². The van der Waals surface area contributed by atoms with Gasteiger partial charge in [0.1, 0.15) is 12.6 Å². The smallest absolute Gasteiger partial charge is 0.320 e. The second-order valence-electron chi connectivity index (χ2n) is 3.29. The van der Waals surface area contributed by atoms with E-state index < -0.39 is 17.8 Å². The molecule has 1 atom stereocenters. The SMILES string of the molecule is C[C@H](NCCOc1ccccc1F)C(=O)O. The van der Waals surface area contributed by atoms with E-state index in [1.165, 1.54) is 19.1 Å². The Labute approximate surface area is 93.0 Å². The number of rotatable bonds is 6. The number of hydrogen-bond acceptors (Lipinski definition) is 3. The topological polar surface area (TPSA) is 58.6 Å². The van der Waals surface area contributed by atoms with Crippen LogP contribution in [-0.4, -0.2) is 30.3 Å². The van der Waals surface area contributed by atoms with Gasteiger partial charge < -0.3 is 15.2 Å². The molecule has 1 aromatic carbocycles. The van der Waals surface area contributed by atoms with E-state index >= 15 is 0 Å². The highest BCUT2D eigenvalue weighted by Crippen LogP contribution is 2.14. The molecule has 0 aliphatic carbocycles. The third-order valence-corrected chi connectivity index (χ3v) is 2.02. The zero-order valence-corrected chi connectivity index (χ0v) is 8.94. The normalized spacial score (nSPS) is 12.1. The molecule has 0 aliphatic heterocycles. The van der Waals surface area contributed by atoms with Gasteiger partial charge in [-0.05, 0) is 19.1 Å². The Balaban J connectivity index is 2.26. The molecule has 88 valence electrons. The maximum atomic E-state index is 13.1. The summed E-state index contributed by atoms with van der Waals surface area (Å²) in [5, 5.41) is 11.3. The molecular formula is C11H14FNO3. The van der Waals surface area contributed by atoms with Gasteiger partial charge in [-0.2, -0.15) is 0 Å². The number of para-hydroxylation sites is 1. The van der Waals surface area contributed by atoms with E-state index in [0.717, 1.165) is 0 Å². The Bertz CT molecular complexity index is 357. The molecule has 1 rings (SSSR count). The van der Waals surface area contributed by atoms with E-state index in [9.17, 15) is 9.18 Å². The lowest BCUT2D eigenvalue weighted by atomic mass is 10.3. The number of aliphatic carboxylic acids is 1. The minimum Gasteiger partial charge on any atom is -0.489 e. The summed E-state index contributed by atoms with van der Waals surface area (Å²) in [4.78, 5) is 10.5. The minimum atomic E-state index is -0.925. The summed E-state index contributed by atoms with van der Waals surface area (Å²) in [5.41, 5.74) is 0. The number of ether oxygens (including phenoxy) is 1. The number of carbonyl (C=O) groups is 1. The van der Waals surface area contributed by atoms with Crippen LogP contribution in [0.2, 0.25) is 0 Å². The van der Waals surface area contributed by atoms with Gasteiger partial charge in [0.25, 0.3) is 0 Å². The molecule has 0 saturated heterocycles. The van der Waals surface area contributed by atoms with Gasteiger partial charge >= 0.3 is 5.97 Å². The third-order valence-electron chi connectivity index (χ3n) is 2.02. The first-order valence-electron chi connectivity index (χ1n) is 4.95. The van der Waals surface area contributed by atoms with Crippen LogP contribution in [0.4, 0.5) is 4.39 Å². The Hall–Kier alpha value is -1.62. The van der Waals surface area contributed by atoms with Crippen LogP contribution >= 0.6 is 0 Å². The molecule has 1 aromatic rings. The molecule has 16 heavy (non-hydrogen) atoms. The quantitative estimate of drug-likeness (QED) is 0.718. The van der Waals surface area contributed by atoms with Crippen LogP contribution in [0.15, 0.2) is 24.3 Å². The van der Waals surface area contributed by atoms with E-state index in [1.54, 1.807) is 12.1 Å². The molecular weight excluding hydrogens is 213 g/mol. The van der Waals surface area contributed by atoms with Gasteiger partial charge in [0.05, 0.1) is 0 Å². The number of carboxylic acids is 1. The first-order valence-corrected chi connectivity index (χ1v) is 4.95. The van der Waals surface area contributed by atoms with Crippen molar-refractivity contribution in [3.05, 3.63) is 30.1 Å². The highest BCUT2D eigenvalue weighted by Gasteiger charge is 2.08. The van der Waals surface area contributed by atoms with Gasteiger partial charge in [0, 0.05) is 6.54 Å². The lowest BCUT2D eigenvalue weighted by molar-refractivity contribution is -0.139. The Morgan fingerprint density at radius 1 is 1.56 bits per heavy atom. The largest absolute Gasteiger partial charge is 0.489 e. The fourth-order valence-electron chi connectivity index (χ4n) is 1.09. The molecule has 0 bridgehead atoms. The third kappa shape index (κ3) is 3.86. The molecule has 0 unspecified atom stereocenters. The van der Waals surface area contributed by atoms with Crippen molar-refractivity contribution in [1.82, 2.24) is 5.32 Å². The zero-order valence-electron chi connectivity index (χ0n) is 8.94. The lowest BCUT2D eigenvalue weighted by Gasteiger charge is -2.10. The highest BCUT2D eigenvalue weighted by atomic mass is 19.1. The fourth-order valence-corrected chi connectivity index (χ4v) is 1.09. The number of halogens is 1. The van der Waals surface area contributed by atoms with Crippen LogP contribution in [0.3, 0.4) is 0 Å². The molecule has 0 spiro atoms. The predicted molar refractivity (Wildman–Crippen MR) is 57.0 cm³/mol. The maximum Gasteiger partial charge on any atom is 0.320 e. The second kappa shape index (κ2) is 6.07. The number of hydrogen-bond donors (Lipinski definition) is 2. The van der Waals surface area contributed by atoms with Gasteiger partial charge in [-0.1, -0.05) is 12.1 Å². The van der Waals surface area contributed by atoms with Crippen molar-refractivity contribution < 1.29 is 19.0 Å². The van der Waals surface area contributed by atoms with Crippen LogP contribution in [0.1, 0.15) is 6.92 Å². The van der Waals surface area contributed by atoms with E-state index in [2.05, 4.69) is 5.32 Å². The Kier molecular flexibility index (Phi) is 4.72. The van der Waals surface area contributed by atoms with Crippen molar-refractivity contribution in [2.45, 2.75) is 13.0 Å². The van der Waals surface area contributed by atoms with Crippen LogP contribution < -0.4 is 10.1 Å².